The van der Waals surface area contributed by atoms with E-state index in [-0.39, 0.29) is 11.4 Å². The smallest absolute Gasteiger partial charge is 0.294 e. The number of nitrogens with zero attached hydrogens (tertiary/aromatic N) is 1. The quantitative estimate of drug-likeness (QED) is 0.774. The number of anilines is 1. The molecule has 6 nitrogen and oxygen atoms in total. The Balaban J connectivity index is 1.70. The normalized spacial score (nSPS) is 15.2. The maximum Gasteiger partial charge on any atom is 0.294 e. The Morgan fingerprint density at radius 3 is 2.64 bits per heavy atom. The van der Waals surface area contributed by atoms with E-state index in [0.29, 0.717) is 11.4 Å². The highest BCUT2D eigenvalue weighted by Gasteiger charge is 2.36. The molecular formula is C21H20N2O4S. The third-order valence-corrected chi connectivity index (χ3v) is 5.26. The number of carbonyl (C=O) groups is 3. The molecular weight excluding hydrogens is 376 g/mol. The molecule has 0 atom stereocenters. The second-order valence-corrected chi connectivity index (χ2v) is 7.38. The summed E-state index contributed by atoms with van der Waals surface area (Å²) < 4.78 is 5.16. The van der Waals surface area contributed by atoms with E-state index in [1.807, 2.05) is 32.0 Å². The van der Waals surface area contributed by atoms with Gasteiger partial charge < -0.3 is 10.1 Å². The second-order valence-electron chi connectivity index (χ2n) is 6.39. The van der Waals surface area contributed by atoms with Gasteiger partial charge in [0.1, 0.15) is 12.3 Å². The predicted molar refractivity (Wildman–Crippen MR) is 110 cm³/mol. The highest BCUT2D eigenvalue weighted by atomic mass is 32.2. The molecule has 1 heterocycles. The lowest BCUT2D eigenvalue weighted by molar-refractivity contribution is -0.127. The fraction of sp³-hybridized carbons (Fsp3) is 0.190. The van der Waals surface area contributed by atoms with Crippen molar-refractivity contribution in [3.8, 4) is 5.75 Å². The van der Waals surface area contributed by atoms with E-state index in [9.17, 15) is 14.4 Å². The van der Waals surface area contributed by atoms with Gasteiger partial charge in [0.2, 0.25) is 5.91 Å². The fourth-order valence-electron chi connectivity index (χ4n) is 2.68. The molecule has 2 aromatic carbocycles. The summed E-state index contributed by atoms with van der Waals surface area (Å²) in [6.07, 6.45) is 1.62. The molecule has 7 heteroatoms. The minimum absolute atomic E-state index is 0.275. The van der Waals surface area contributed by atoms with Crippen molar-refractivity contribution in [2.75, 3.05) is 19.0 Å². The van der Waals surface area contributed by atoms with Gasteiger partial charge in [0, 0.05) is 5.69 Å². The zero-order valence-corrected chi connectivity index (χ0v) is 16.6. The summed E-state index contributed by atoms with van der Waals surface area (Å²) in [5.41, 5.74) is 3.54. The molecule has 1 saturated heterocycles. The Bertz CT molecular complexity index is 984. The van der Waals surface area contributed by atoms with Gasteiger partial charge in [-0.1, -0.05) is 18.2 Å². The molecule has 1 fully saturated rings. The van der Waals surface area contributed by atoms with Gasteiger partial charge in [-0.3, -0.25) is 19.3 Å². The number of hydrogen-bond acceptors (Lipinski definition) is 5. The predicted octanol–water partition coefficient (Wildman–Crippen LogP) is 3.99. The van der Waals surface area contributed by atoms with E-state index < -0.39 is 17.1 Å². The lowest BCUT2D eigenvalue weighted by atomic mass is 10.1. The summed E-state index contributed by atoms with van der Waals surface area (Å²) in [7, 11) is 1.56. The number of aryl methyl sites for hydroxylation is 2. The first-order valence-corrected chi connectivity index (χ1v) is 9.45. The summed E-state index contributed by atoms with van der Waals surface area (Å²) in [5, 5.41) is 2.26. The lowest BCUT2D eigenvalue weighted by Gasteiger charge is -2.13. The number of amides is 3. The molecule has 0 unspecified atom stereocenters. The largest absolute Gasteiger partial charge is 0.497 e. The Morgan fingerprint density at radius 1 is 1.14 bits per heavy atom. The molecule has 0 bridgehead atoms. The van der Waals surface area contributed by atoms with Crippen LogP contribution in [0.2, 0.25) is 0 Å². The molecule has 0 radical (unpaired) electrons. The Morgan fingerprint density at radius 2 is 1.93 bits per heavy atom. The first-order valence-electron chi connectivity index (χ1n) is 8.64. The van der Waals surface area contributed by atoms with Crippen molar-refractivity contribution in [1.82, 2.24) is 4.90 Å². The van der Waals surface area contributed by atoms with Crippen molar-refractivity contribution in [1.29, 1.82) is 0 Å². The van der Waals surface area contributed by atoms with Gasteiger partial charge in [0.05, 0.1) is 12.0 Å². The maximum atomic E-state index is 12.6. The number of ether oxygens (including phenoxy) is 1. The van der Waals surface area contributed by atoms with Crippen LogP contribution >= 0.6 is 11.8 Å². The molecule has 0 aromatic heterocycles. The van der Waals surface area contributed by atoms with E-state index in [1.165, 1.54) is 0 Å². The zero-order valence-electron chi connectivity index (χ0n) is 15.8. The number of benzene rings is 2. The SMILES string of the molecule is COc1cccc(/C=C2\SC(=O)N(CC(=O)Nc3ccc(C)c(C)c3)C2=O)c1. The Labute approximate surface area is 167 Å². The van der Waals surface area contributed by atoms with Crippen LogP contribution in [0.4, 0.5) is 10.5 Å². The number of nitrogens with one attached hydrogen (secondary N) is 1. The molecule has 0 aliphatic carbocycles. The number of hydrogen-bond donors (Lipinski definition) is 1. The van der Waals surface area contributed by atoms with Gasteiger partial charge >= 0.3 is 0 Å². The van der Waals surface area contributed by atoms with Crippen LogP contribution in [0.15, 0.2) is 47.4 Å². The minimum Gasteiger partial charge on any atom is -0.497 e. The van der Waals surface area contributed by atoms with Crippen molar-refractivity contribution >= 4 is 40.6 Å². The highest BCUT2D eigenvalue weighted by Crippen LogP contribution is 2.32. The number of rotatable bonds is 5. The lowest BCUT2D eigenvalue weighted by Crippen LogP contribution is -2.36. The van der Waals surface area contributed by atoms with Crippen LogP contribution in [0, 0.1) is 13.8 Å². The zero-order chi connectivity index (χ0) is 20.3. The molecule has 3 rings (SSSR count). The molecule has 0 spiro atoms. The third-order valence-electron chi connectivity index (χ3n) is 4.36. The maximum absolute atomic E-state index is 12.6. The fourth-order valence-corrected chi connectivity index (χ4v) is 3.52. The van der Waals surface area contributed by atoms with Crippen molar-refractivity contribution in [2.24, 2.45) is 0 Å². The van der Waals surface area contributed by atoms with Gasteiger partial charge in [-0.05, 0) is 72.6 Å². The average molecular weight is 396 g/mol. The standard InChI is InChI=1S/C21H20N2O4S/c1-13-7-8-16(9-14(13)2)22-19(24)12-23-20(25)18(28-21(23)26)11-15-5-4-6-17(10-15)27-3/h4-11H,12H2,1-3H3,(H,22,24)/b18-11-. The molecule has 144 valence electrons. The van der Waals surface area contributed by atoms with Crippen LogP contribution in [0.3, 0.4) is 0 Å². The van der Waals surface area contributed by atoms with Gasteiger partial charge in [-0.2, -0.15) is 0 Å². The van der Waals surface area contributed by atoms with Crippen LogP contribution in [-0.4, -0.2) is 35.6 Å². The summed E-state index contributed by atoms with van der Waals surface area (Å²) in [6, 6.07) is 12.7. The van der Waals surface area contributed by atoms with Crippen molar-refractivity contribution in [3.63, 3.8) is 0 Å². The highest BCUT2D eigenvalue weighted by molar-refractivity contribution is 8.18. The van der Waals surface area contributed by atoms with Gasteiger partial charge in [-0.25, -0.2) is 0 Å². The number of methoxy groups -OCH3 is 1. The molecule has 1 N–H and O–H groups in total. The van der Waals surface area contributed by atoms with Gasteiger partial charge in [0.25, 0.3) is 11.1 Å². The van der Waals surface area contributed by atoms with Gasteiger partial charge in [-0.15, -0.1) is 0 Å². The van der Waals surface area contributed by atoms with Crippen molar-refractivity contribution in [3.05, 3.63) is 64.1 Å². The van der Waals surface area contributed by atoms with E-state index in [0.717, 1.165) is 33.4 Å². The van der Waals surface area contributed by atoms with Crippen LogP contribution in [-0.2, 0) is 9.59 Å². The van der Waals surface area contributed by atoms with Crippen LogP contribution in [0.1, 0.15) is 16.7 Å². The van der Waals surface area contributed by atoms with Gasteiger partial charge in [0.15, 0.2) is 0 Å². The topological polar surface area (TPSA) is 75.7 Å². The molecule has 3 amide bonds. The van der Waals surface area contributed by atoms with Crippen LogP contribution in [0.5, 0.6) is 5.75 Å². The van der Waals surface area contributed by atoms with E-state index in [1.54, 1.807) is 37.5 Å². The second kappa shape index (κ2) is 8.31. The minimum atomic E-state index is -0.479. The average Bonchev–Trinajstić information content (AvgIpc) is 2.92. The molecule has 28 heavy (non-hydrogen) atoms. The summed E-state index contributed by atoms with van der Waals surface area (Å²) in [6.45, 7) is 3.60. The Hall–Kier alpha value is -3.06. The van der Waals surface area contributed by atoms with E-state index in [2.05, 4.69) is 5.32 Å². The van der Waals surface area contributed by atoms with Crippen LogP contribution in [0.25, 0.3) is 6.08 Å². The van der Waals surface area contributed by atoms with E-state index >= 15 is 0 Å². The van der Waals surface area contributed by atoms with Crippen molar-refractivity contribution < 1.29 is 19.1 Å². The number of thioether (sulfide) groups is 1. The first-order chi connectivity index (χ1) is 13.4. The Kier molecular flexibility index (Phi) is 5.84. The molecule has 1 aliphatic rings. The molecule has 1 aliphatic heterocycles. The third kappa shape index (κ3) is 4.43. The summed E-state index contributed by atoms with van der Waals surface area (Å²) >= 11 is 0.821. The summed E-state index contributed by atoms with van der Waals surface area (Å²) in [5.74, 6) is -0.248. The number of imide groups is 1. The van der Waals surface area contributed by atoms with E-state index in [4.69, 9.17) is 4.74 Å². The van der Waals surface area contributed by atoms with Crippen molar-refractivity contribution in [2.45, 2.75) is 13.8 Å². The monoisotopic (exact) mass is 396 g/mol. The molecule has 0 saturated carbocycles. The molecule has 2 aromatic rings. The summed E-state index contributed by atoms with van der Waals surface area (Å²) in [4.78, 5) is 38.3. The van der Waals surface area contributed by atoms with Crippen LogP contribution < -0.4 is 10.1 Å². The first kappa shape index (κ1) is 19.7. The number of carbonyl (C=O) groups excluding carboxylic acids is 3.